The van der Waals surface area contributed by atoms with E-state index in [1.165, 1.54) is 0 Å². The molecule has 1 atom stereocenters. The van der Waals surface area contributed by atoms with E-state index in [-0.39, 0.29) is 12.5 Å². The third kappa shape index (κ3) is 3.52. The Morgan fingerprint density at radius 2 is 1.80 bits per heavy atom. The normalized spacial score (nSPS) is 11.9. The molecule has 0 aliphatic rings. The molecule has 0 spiro atoms. The van der Waals surface area contributed by atoms with Crippen LogP contribution in [0.15, 0.2) is 48.5 Å². The summed E-state index contributed by atoms with van der Waals surface area (Å²) in [6, 6.07) is 15.8. The Kier molecular flexibility index (Phi) is 5.02. The fourth-order valence-electron chi connectivity index (χ4n) is 1.95. The first-order valence-electron chi connectivity index (χ1n) is 6.70. The highest BCUT2D eigenvalue weighted by Crippen LogP contribution is 2.31. The molecule has 3 nitrogen and oxygen atoms in total. The van der Waals surface area contributed by atoms with Crippen molar-refractivity contribution in [3.63, 3.8) is 0 Å². The molecule has 0 saturated carbocycles. The van der Waals surface area contributed by atoms with Crippen LogP contribution in [-0.2, 0) is 6.61 Å². The second-order valence-corrected chi connectivity index (χ2v) is 4.77. The molecule has 2 aromatic carbocycles. The van der Waals surface area contributed by atoms with Crippen molar-refractivity contribution < 1.29 is 14.6 Å². The summed E-state index contributed by atoms with van der Waals surface area (Å²) in [6.45, 7) is 2.60. The van der Waals surface area contributed by atoms with Gasteiger partial charge in [-0.1, -0.05) is 43.3 Å². The van der Waals surface area contributed by atoms with Crippen LogP contribution in [0.1, 0.15) is 24.0 Å². The molecule has 0 saturated heterocycles. The molecule has 0 radical (unpaired) electrons. The van der Waals surface area contributed by atoms with Crippen LogP contribution in [0.4, 0.5) is 0 Å². The van der Waals surface area contributed by atoms with E-state index in [0.29, 0.717) is 18.1 Å². The highest BCUT2D eigenvalue weighted by atomic mass is 16.5. The van der Waals surface area contributed by atoms with Crippen molar-refractivity contribution in [1.82, 2.24) is 0 Å². The molecule has 106 valence electrons. The van der Waals surface area contributed by atoms with E-state index in [1.807, 2.05) is 55.5 Å². The summed E-state index contributed by atoms with van der Waals surface area (Å²) in [7, 11) is 1.62. The zero-order valence-electron chi connectivity index (χ0n) is 11.9. The summed E-state index contributed by atoms with van der Waals surface area (Å²) in [5, 5.41) is 9.20. The van der Waals surface area contributed by atoms with Crippen LogP contribution in [0.5, 0.6) is 11.5 Å². The number of benzene rings is 2. The van der Waals surface area contributed by atoms with Gasteiger partial charge in [-0.15, -0.1) is 0 Å². The van der Waals surface area contributed by atoms with Gasteiger partial charge in [-0.05, 0) is 23.3 Å². The largest absolute Gasteiger partial charge is 0.493 e. The van der Waals surface area contributed by atoms with E-state index >= 15 is 0 Å². The fraction of sp³-hybridized carbons (Fsp3) is 0.294. The van der Waals surface area contributed by atoms with Crippen LogP contribution >= 0.6 is 0 Å². The summed E-state index contributed by atoms with van der Waals surface area (Å²) in [4.78, 5) is 0. The van der Waals surface area contributed by atoms with E-state index in [4.69, 9.17) is 9.47 Å². The smallest absolute Gasteiger partial charge is 0.161 e. The lowest BCUT2D eigenvalue weighted by atomic mass is 10.0. The monoisotopic (exact) mass is 272 g/mol. The minimum atomic E-state index is 0.0899. The predicted octanol–water partition coefficient (Wildman–Crippen LogP) is 3.37. The number of hydrogen-bond donors (Lipinski definition) is 1. The van der Waals surface area contributed by atoms with Gasteiger partial charge in [0, 0.05) is 12.5 Å². The van der Waals surface area contributed by atoms with Gasteiger partial charge >= 0.3 is 0 Å². The maximum absolute atomic E-state index is 9.20. The summed E-state index contributed by atoms with van der Waals surface area (Å²) >= 11 is 0. The third-order valence-corrected chi connectivity index (χ3v) is 3.27. The average Bonchev–Trinajstić information content (AvgIpc) is 2.53. The molecule has 0 heterocycles. The van der Waals surface area contributed by atoms with Gasteiger partial charge in [-0.3, -0.25) is 0 Å². The minimum Gasteiger partial charge on any atom is -0.493 e. The van der Waals surface area contributed by atoms with Crippen molar-refractivity contribution in [2.75, 3.05) is 13.7 Å². The number of ether oxygens (including phenoxy) is 2. The van der Waals surface area contributed by atoms with Gasteiger partial charge in [0.05, 0.1) is 7.11 Å². The second-order valence-electron chi connectivity index (χ2n) is 4.77. The second kappa shape index (κ2) is 6.96. The van der Waals surface area contributed by atoms with Crippen LogP contribution in [-0.4, -0.2) is 18.8 Å². The molecule has 0 fully saturated rings. The maximum atomic E-state index is 9.20. The molecule has 0 aromatic heterocycles. The molecule has 0 amide bonds. The van der Waals surface area contributed by atoms with Crippen LogP contribution in [0.2, 0.25) is 0 Å². The Bertz CT molecular complexity index is 537. The molecular weight excluding hydrogens is 252 g/mol. The van der Waals surface area contributed by atoms with Gasteiger partial charge < -0.3 is 14.6 Å². The highest BCUT2D eigenvalue weighted by Gasteiger charge is 2.10. The molecule has 3 heteroatoms. The first-order valence-corrected chi connectivity index (χ1v) is 6.70. The Morgan fingerprint density at radius 3 is 2.45 bits per heavy atom. The number of methoxy groups -OCH3 is 1. The predicted molar refractivity (Wildman–Crippen MR) is 79.3 cm³/mol. The molecule has 0 aliphatic heterocycles. The fourth-order valence-corrected chi connectivity index (χ4v) is 1.95. The number of aliphatic hydroxyl groups is 1. The van der Waals surface area contributed by atoms with Gasteiger partial charge in [0.15, 0.2) is 11.5 Å². The Balaban J connectivity index is 2.11. The quantitative estimate of drug-likeness (QED) is 0.876. The van der Waals surface area contributed by atoms with Crippen molar-refractivity contribution in [2.24, 2.45) is 0 Å². The minimum absolute atomic E-state index is 0.0899. The van der Waals surface area contributed by atoms with Gasteiger partial charge in [-0.2, -0.15) is 0 Å². The van der Waals surface area contributed by atoms with Gasteiger partial charge in [0.2, 0.25) is 0 Å². The lowest BCUT2D eigenvalue weighted by Gasteiger charge is -2.14. The van der Waals surface area contributed by atoms with Crippen LogP contribution in [0, 0.1) is 0 Å². The van der Waals surface area contributed by atoms with Crippen molar-refractivity contribution in [1.29, 1.82) is 0 Å². The summed E-state index contributed by atoms with van der Waals surface area (Å²) in [6.07, 6.45) is 0. The molecular formula is C17H20O3. The highest BCUT2D eigenvalue weighted by molar-refractivity contribution is 5.44. The summed E-state index contributed by atoms with van der Waals surface area (Å²) < 4.78 is 11.2. The topological polar surface area (TPSA) is 38.7 Å². The number of rotatable bonds is 6. The number of hydrogen-bond acceptors (Lipinski definition) is 3. The maximum Gasteiger partial charge on any atom is 0.161 e. The summed E-state index contributed by atoms with van der Waals surface area (Å²) in [5.41, 5.74) is 2.15. The van der Waals surface area contributed by atoms with Gasteiger partial charge in [-0.25, -0.2) is 0 Å². The lowest BCUT2D eigenvalue weighted by molar-refractivity contribution is 0.270. The zero-order chi connectivity index (χ0) is 14.4. The average molecular weight is 272 g/mol. The van der Waals surface area contributed by atoms with Crippen LogP contribution in [0.25, 0.3) is 0 Å². The van der Waals surface area contributed by atoms with E-state index in [2.05, 4.69) is 0 Å². The van der Waals surface area contributed by atoms with Gasteiger partial charge in [0.25, 0.3) is 0 Å². The van der Waals surface area contributed by atoms with Gasteiger partial charge in [0.1, 0.15) is 6.61 Å². The molecule has 0 aliphatic carbocycles. The Hall–Kier alpha value is -2.00. The van der Waals surface area contributed by atoms with E-state index < -0.39 is 0 Å². The standard InChI is InChI=1S/C17H20O3/c1-13(11-18)15-8-9-16(17(10-15)19-2)20-12-14-6-4-3-5-7-14/h3-10,13,18H,11-12H2,1-2H3. The lowest BCUT2D eigenvalue weighted by Crippen LogP contribution is -2.01. The Morgan fingerprint density at radius 1 is 1.05 bits per heavy atom. The molecule has 1 unspecified atom stereocenters. The van der Waals surface area contributed by atoms with Crippen molar-refractivity contribution in [3.8, 4) is 11.5 Å². The molecule has 0 bridgehead atoms. The molecule has 2 rings (SSSR count). The third-order valence-electron chi connectivity index (χ3n) is 3.27. The first-order chi connectivity index (χ1) is 9.74. The van der Waals surface area contributed by atoms with E-state index in [9.17, 15) is 5.11 Å². The first kappa shape index (κ1) is 14.4. The molecule has 20 heavy (non-hydrogen) atoms. The van der Waals surface area contributed by atoms with Crippen molar-refractivity contribution in [3.05, 3.63) is 59.7 Å². The zero-order valence-corrected chi connectivity index (χ0v) is 11.9. The van der Waals surface area contributed by atoms with Crippen LogP contribution < -0.4 is 9.47 Å². The van der Waals surface area contributed by atoms with E-state index in [0.717, 1.165) is 11.1 Å². The summed E-state index contributed by atoms with van der Waals surface area (Å²) in [5.74, 6) is 1.50. The SMILES string of the molecule is COc1cc(C(C)CO)ccc1OCc1ccccc1. The van der Waals surface area contributed by atoms with Crippen molar-refractivity contribution in [2.45, 2.75) is 19.4 Å². The molecule has 1 N–H and O–H groups in total. The van der Waals surface area contributed by atoms with Crippen LogP contribution in [0.3, 0.4) is 0 Å². The van der Waals surface area contributed by atoms with Crippen molar-refractivity contribution >= 4 is 0 Å². The van der Waals surface area contributed by atoms with E-state index in [1.54, 1.807) is 7.11 Å². The molecule has 2 aromatic rings. The number of aliphatic hydroxyl groups excluding tert-OH is 1. The Labute approximate surface area is 119 Å².